The molecule has 138 valence electrons. The predicted octanol–water partition coefficient (Wildman–Crippen LogP) is 2.64. The Morgan fingerprint density at radius 3 is 2.54 bits per heavy atom. The quantitative estimate of drug-likeness (QED) is 0.867. The summed E-state index contributed by atoms with van der Waals surface area (Å²) in [5.74, 6) is -0.460. The Balaban J connectivity index is 1.63. The standard InChI is InChI=1S/C18H20N2O4S2/c1-26(23,24)15-8-6-14(7-9-15)19-17(21)13-4-2-10-20(12-13)18(22)16-5-3-11-25-16/h3,5-9,11,13H,2,4,10,12H2,1H3,(H,19,21). The van der Waals surface area contributed by atoms with Crippen LogP contribution >= 0.6 is 11.3 Å². The van der Waals surface area contributed by atoms with Crippen molar-refractivity contribution in [3.8, 4) is 0 Å². The van der Waals surface area contributed by atoms with Gasteiger partial charge in [-0.3, -0.25) is 9.59 Å². The van der Waals surface area contributed by atoms with Crippen LogP contribution in [-0.2, 0) is 14.6 Å². The van der Waals surface area contributed by atoms with Crippen molar-refractivity contribution in [2.45, 2.75) is 17.7 Å². The van der Waals surface area contributed by atoms with E-state index in [0.29, 0.717) is 23.7 Å². The molecule has 0 radical (unpaired) electrons. The van der Waals surface area contributed by atoms with Crippen LogP contribution in [0.4, 0.5) is 5.69 Å². The van der Waals surface area contributed by atoms with E-state index >= 15 is 0 Å². The van der Waals surface area contributed by atoms with E-state index in [0.717, 1.165) is 19.1 Å². The number of amides is 2. The summed E-state index contributed by atoms with van der Waals surface area (Å²) in [6, 6.07) is 9.72. The van der Waals surface area contributed by atoms with Crippen molar-refractivity contribution >= 4 is 38.7 Å². The second-order valence-corrected chi connectivity index (χ2v) is 9.32. The van der Waals surface area contributed by atoms with Crippen LogP contribution in [0.3, 0.4) is 0 Å². The lowest BCUT2D eigenvalue weighted by Crippen LogP contribution is -2.43. The van der Waals surface area contributed by atoms with E-state index < -0.39 is 9.84 Å². The summed E-state index contributed by atoms with van der Waals surface area (Å²) in [7, 11) is -3.26. The molecule has 1 atom stereocenters. The van der Waals surface area contributed by atoms with Crippen molar-refractivity contribution in [1.82, 2.24) is 4.90 Å². The summed E-state index contributed by atoms with van der Waals surface area (Å²) in [5.41, 5.74) is 0.545. The topological polar surface area (TPSA) is 83.6 Å². The molecular weight excluding hydrogens is 372 g/mol. The molecule has 0 saturated carbocycles. The SMILES string of the molecule is CS(=O)(=O)c1ccc(NC(=O)C2CCCN(C(=O)c3cccs3)C2)cc1. The first-order chi connectivity index (χ1) is 12.3. The number of benzene rings is 1. The van der Waals surface area contributed by atoms with Gasteiger partial charge in [-0.15, -0.1) is 11.3 Å². The lowest BCUT2D eigenvalue weighted by molar-refractivity contribution is -0.121. The number of piperidine rings is 1. The normalized spacial score (nSPS) is 17.7. The number of hydrogen-bond donors (Lipinski definition) is 1. The van der Waals surface area contributed by atoms with Crippen LogP contribution in [0.5, 0.6) is 0 Å². The van der Waals surface area contributed by atoms with E-state index in [4.69, 9.17) is 0 Å². The second-order valence-electron chi connectivity index (χ2n) is 6.35. The lowest BCUT2D eigenvalue weighted by atomic mass is 9.97. The van der Waals surface area contributed by atoms with Crippen molar-refractivity contribution in [1.29, 1.82) is 0 Å². The zero-order chi connectivity index (χ0) is 18.7. The molecule has 0 bridgehead atoms. The van der Waals surface area contributed by atoms with Gasteiger partial charge in [0.25, 0.3) is 5.91 Å². The number of carbonyl (C=O) groups is 2. The molecule has 1 aromatic heterocycles. The molecule has 0 spiro atoms. The van der Waals surface area contributed by atoms with E-state index in [-0.39, 0.29) is 22.6 Å². The third-order valence-electron chi connectivity index (χ3n) is 4.36. The fraction of sp³-hybridized carbons (Fsp3) is 0.333. The second kappa shape index (κ2) is 7.59. The van der Waals surface area contributed by atoms with Crippen LogP contribution in [0.15, 0.2) is 46.7 Å². The third-order valence-corrected chi connectivity index (χ3v) is 6.35. The van der Waals surface area contributed by atoms with Gasteiger partial charge in [0.05, 0.1) is 15.7 Å². The van der Waals surface area contributed by atoms with Gasteiger partial charge in [-0.2, -0.15) is 0 Å². The Kier molecular flexibility index (Phi) is 5.43. The number of thiophene rings is 1. The Hall–Kier alpha value is -2.19. The number of nitrogens with zero attached hydrogens (tertiary/aromatic N) is 1. The summed E-state index contributed by atoms with van der Waals surface area (Å²) in [6.07, 6.45) is 2.64. The predicted molar refractivity (Wildman–Crippen MR) is 101 cm³/mol. The number of carbonyl (C=O) groups excluding carboxylic acids is 2. The molecule has 2 aromatic rings. The molecule has 1 N–H and O–H groups in total. The highest BCUT2D eigenvalue weighted by atomic mass is 32.2. The van der Waals surface area contributed by atoms with Gasteiger partial charge in [0.15, 0.2) is 9.84 Å². The maximum Gasteiger partial charge on any atom is 0.263 e. The first kappa shape index (κ1) is 18.6. The molecule has 1 aliphatic rings. The summed E-state index contributed by atoms with van der Waals surface area (Å²) in [5, 5.41) is 4.68. The first-order valence-electron chi connectivity index (χ1n) is 8.28. The lowest BCUT2D eigenvalue weighted by Gasteiger charge is -2.31. The Labute approximate surface area is 156 Å². The van der Waals surface area contributed by atoms with Crippen LogP contribution in [0, 0.1) is 5.92 Å². The van der Waals surface area contributed by atoms with Crippen LogP contribution in [0.1, 0.15) is 22.5 Å². The minimum Gasteiger partial charge on any atom is -0.337 e. The van der Waals surface area contributed by atoms with Crippen molar-refractivity contribution in [2.24, 2.45) is 5.92 Å². The van der Waals surface area contributed by atoms with Crippen molar-refractivity contribution < 1.29 is 18.0 Å². The van der Waals surface area contributed by atoms with Crippen molar-refractivity contribution in [2.75, 3.05) is 24.7 Å². The van der Waals surface area contributed by atoms with E-state index in [1.54, 1.807) is 23.1 Å². The number of hydrogen-bond acceptors (Lipinski definition) is 5. The van der Waals surface area contributed by atoms with E-state index in [2.05, 4.69) is 5.32 Å². The van der Waals surface area contributed by atoms with Gasteiger partial charge in [-0.1, -0.05) is 6.07 Å². The van der Waals surface area contributed by atoms with Crippen molar-refractivity contribution in [3.05, 3.63) is 46.7 Å². The minimum absolute atomic E-state index is 0.0324. The Morgan fingerprint density at radius 1 is 1.19 bits per heavy atom. The molecule has 3 rings (SSSR count). The third kappa shape index (κ3) is 4.31. The van der Waals surface area contributed by atoms with Gasteiger partial charge in [0.2, 0.25) is 5.91 Å². The van der Waals surface area contributed by atoms with Gasteiger partial charge < -0.3 is 10.2 Å². The van der Waals surface area contributed by atoms with Crippen LogP contribution in [0.25, 0.3) is 0 Å². The van der Waals surface area contributed by atoms with E-state index in [9.17, 15) is 18.0 Å². The average Bonchev–Trinajstić information content (AvgIpc) is 3.15. The number of anilines is 1. The van der Waals surface area contributed by atoms with Crippen LogP contribution < -0.4 is 5.32 Å². The largest absolute Gasteiger partial charge is 0.337 e. The molecule has 6 nitrogen and oxygen atoms in total. The van der Waals surface area contributed by atoms with Gasteiger partial charge in [-0.05, 0) is 48.6 Å². The minimum atomic E-state index is -3.26. The summed E-state index contributed by atoms with van der Waals surface area (Å²) >= 11 is 1.40. The summed E-state index contributed by atoms with van der Waals surface area (Å²) in [4.78, 5) is 27.6. The Bertz CT molecular complexity index is 890. The monoisotopic (exact) mass is 392 g/mol. The molecule has 1 aliphatic heterocycles. The van der Waals surface area contributed by atoms with E-state index in [1.807, 2.05) is 11.4 Å². The van der Waals surface area contributed by atoms with Gasteiger partial charge in [0, 0.05) is 25.0 Å². The summed E-state index contributed by atoms with van der Waals surface area (Å²) in [6.45, 7) is 1.05. The van der Waals surface area contributed by atoms with Crippen molar-refractivity contribution in [3.63, 3.8) is 0 Å². The molecule has 1 unspecified atom stereocenters. The summed E-state index contributed by atoms with van der Waals surface area (Å²) < 4.78 is 23.0. The number of sulfone groups is 1. The maximum absolute atomic E-state index is 12.5. The number of rotatable bonds is 4. The fourth-order valence-corrected chi connectivity index (χ4v) is 4.28. The van der Waals surface area contributed by atoms with Gasteiger partial charge in [-0.25, -0.2) is 8.42 Å². The molecular formula is C18H20N2O4S2. The van der Waals surface area contributed by atoms with Crippen LogP contribution in [-0.4, -0.2) is 44.5 Å². The highest BCUT2D eigenvalue weighted by Crippen LogP contribution is 2.22. The smallest absolute Gasteiger partial charge is 0.263 e. The molecule has 1 saturated heterocycles. The molecule has 26 heavy (non-hydrogen) atoms. The van der Waals surface area contributed by atoms with Gasteiger partial charge in [0.1, 0.15) is 0 Å². The number of likely N-dealkylation sites (tertiary alicyclic amines) is 1. The average molecular weight is 393 g/mol. The zero-order valence-electron chi connectivity index (χ0n) is 14.3. The maximum atomic E-state index is 12.5. The molecule has 8 heteroatoms. The molecule has 0 aliphatic carbocycles. The fourth-order valence-electron chi connectivity index (χ4n) is 2.96. The van der Waals surface area contributed by atoms with E-state index in [1.165, 1.54) is 23.5 Å². The number of nitrogens with one attached hydrogen (secondary N) is 1. The zero-order valence-corrected chi connectivity index (χ0v) is 16.0. The molecule has 1 fully saturated rings. The highest BCUT2D eigenvalue weighted by Gasteiger charge is 2.29. The Morgan fingerprint density at radius 2 is 1.92 bits per heavy atom. The molecule has 1 aromatic carbocycles. The first-order valence-corrected chi connectivity index (χ1v) is 11.1. The molecule has 2 amide bonds. The highest BCUT2D eigenvalue weighted by molar-refractivity contribution is 7.90. The van der Waals surface area contributed by atoms with Gasteiger partial charge >= 0.3 is 0 Å². The van der Waals surface area contributed by atoms with Crippen LogP contribution in [0.2, 0.25) is 0 Å². The molecule has 2 heterocycles.